The molecule has 1 N–H and O–H groups in total. The fourth-order valence-corrected chi connectivity index (χ4v) is 3.58. The Kier molecular flexibility index (Phi) is 2.51. The third kappa shape index (κ3) is 1.72. The van der Waals surface area contributed by atoms with Crippen LogP contribution in [0.25, 0.3) is 10.9 Å². The standard InChI is InChI=1S/C17H19F2N/c1-10-3-2-4-13-14-9-12(17(18,19)11-5-6-11)7-8-15(14)20-16(10)13/h7-11,20H,2-6H2,1H3/t10-/m0/s1. The summed E-state index contributed by atoms with van der Waals surface area (Å²) in [5.41, 5.74) is 3.75. The Bertz CT molecular complexity index is 667. The van der Waals surface area contributed by atoms with Crippen LogP contribution in [0.15, 0.2) is 18.2 Å². The Morgan fingerprint density at radius 3 is 2.75 bits per heavy atom. The van der Waals surface area contributed by atoms with Crippen molar-refractivity contribution in [2.75, 3.05) is 0 Å². The van der Waals surface area contributed by atoms with Gasteiger partial charge in [-0.1, -0.05) is 13.0 Å². The van der Waals surface area contributed by atoms with E-state index in [0.717, 1.165) is 23.7 Å². The minimum absolute atomic E-state index is 0.201. The number of rotatable bonds is 2. The molecule has 0 bridgehead atoms. The molecule has 1 aromatic heterocycles. The Hall–Kier alpha value is -1.38. The average Bonchev–Trinajstić information content (AvgIpc) is 3.21. The van der Waals surface area contributed by atoms with Gasteiger partial charge in [-0.3, -0.25) is 0 Å². The number of aryl methyl sites for hydroxylation is 1. The molecule has 1 aromatic carbocycles. The van der Waals surface area contributed by atoms with Crippen molar-refractivity contribution in [3.63, 3.8) is 0 Å². The van der Waals surface area contributed by atoms with Gasteiger partial charge in [-0.05, 0) is 55.7 Å². The highest BCUT2D eigenvalue weighted by Crippen LogP contribution is 2.50. The number of fused-ring (bicyclic) bond motifs is 3. The molecule has 1 nitrogen and oxygen atoms in total. The van der Waals surface area contributed by atoms with Crippen molar-refractivity contribution in [3.8, 4) is 0 Å². The van der Waals surface area contributed by atoms with Crippen LogP contribution >= 0.6 is 0 Å². The van der Waals surface area contributed by atoms with Crippen LogP contribution in [0.1, 0.15) is 55.3 Å². The number of nitrogens with one attached hydrogen (secondary N) is 1. The topological polar surface area (TPSA) is 15.8 Å². The lowest BCUT2D eigenvalue weighted by atomic mass is 9.87. The van der Waals surface area contributed by atoms with Gasteiger partial charge in [0.1, 0.15) is 0 Å². The minimum Gasteiger partial charge on any atom is -0.358 e. The van der Waals surface area contributed by atoms with E-state index in [9.17, 15) is 8.78 Å². The molecule has 2 aromatic rings. The highest BCUT2D eigenvalue weighted by molar-refractivity contribution is 5.86. The number of hydrogen-bond donors (Lipinski definition) is 1. The first-order chi connectivity index (χ1) is 9.57. The van der Waals surface area contributed by atoms with E-state index >= 15 is 0 Å². The SMILES string of the molecule is C[C@H]1CCCc2c1[nH]c1ccc(C(F)(F)C3CC3)cc21. The molecular formula is C17H19F2N. The van der Waals surface area contributed by atoms with Gasteiger partial charge in [-0.25, -0.2) is 8.78 Å². The van der Waals surface area contributed by atoms with Gasteiger partial charge >= 0.3 is 0 Å². The molecule has 0 saturated heterocycles. The van der Waals surface area contributed by atoms with E-state index in [2.05, 4.69) is 11.9 Å². The predicted octanol–water partition coefficient (Wildman–Crippen LogP) is 5.11. The van der Waals surface area contributed by atoms with Gasteiger partial charge in [0, 0.05) is 28.1 Å². The van der Waals surface area contributed by atoms with E-state index < -0.39 is 11.8 Å². The Labute approximate surface area is 117 Å². The van der Waals surface area contributed by atoms with Crippen molar-refractivity contribution >= 4 is 10.9 Å². The van der Waals surface area contributed by atoms with Crippen LogP contribution in [0.2, 0.25) is 0 Å². The monoisotopic (exact) mass is 275 g/mol. The summed E-state index contributed by atoms with van der Waals surface area (Å²) < 4.78 is 28.5. The van der Waals surface area contributed by atoms with Crippen LogP contribution in [0.4, 0.5) is 8.78 Å². The minimum atomic E-state index is -2.65. The predicted molar refractivity (Wildman–Crippen MR) is 76.3 cm³/mol. The third-order valence-corrected chi connectivity index (χ3v) is 4.97. The van der Waals surface area contributed by atoms with Gasteiger partial charge in [0.05, 0.1) is 0 Å². The smallest absolute Gasteiger partial charge is 0.276 e. The molecule has 3 heteroatoms. The highest BCUT2D eigenvalue weighted by atomic mass is 19.3. The van der Waals surface area contributed by atoms with Crippen molar-refractivity contribution in [2.24, 2.45) is 5.92 Å². The van der Waals surface area contributed by atoms with Gasteiger partial charge in [0.15, 0.2) is 0 Å². The second kappa shape index (κ2) is 4.06. The number of hydrogen-bond acceptors (Lipinski definition) is 0. The van der Waals surface area contributed by atoms with Gasteiger partial charge in [-0.2, -0.15) is 0 Å². The second-order valence-electron chi connectivity index (χ2n) is 6.47. The zero-order valence-electron chi connectivity index (χ0n) is 11.7. The fourth-order valence-electron chi connectivity index (χ4n) is 3.58. The summed E-state index contributed by atoms with van der Waals surface area (Å²) >= 11 is 0. The third-order valence-electron chi connectivity index (χ3n) is 4.97. The maximum Gasteiger partial charge on any atom is 0.276 e. The van der Waals surface area contributed by atoms with Crippen LogP contribution in [-0.4, -0.2) is 4.98 Å². The molecule has 106 valence electrons. The van der Waals surface area contributed by atoms with Gasteiger partial charge in [-0.15, -0.1) is 0 Å². The largest absolute Gasteiger partial charge is 0.358 e. The van der Waals surface area contributed by atoms with Crippen LogP contribution in [0.5, 0.6) is 0 Å². The number of benzene rings is 1. The molecule has 20 heavy (non-hydrogen) atoms. The molecule has 0 aliphatic heterocycles. The summed E-state index contributed by atoms with van der Waals surface area (Å²) in [5.74, 6) is -2.58. The van der Waals surface area contributed by atoms with Crippen LogP contribution < -0.4 is 0 Å². The molecular weight excluding hydrogens is 256 g/mol. The second-order valence-corrected chi connectivity index (χ2v) is 6.47. The maximum atomic E-state index is 14.3. The first-order valence-electron chi connectivity index (χ1n) is 7.60. The molecule has 1 saturated carbocycles. The summed E-state index contributed by atoms with van der Waals surface area (Å²) in [6.07, 6.45) is 4.67. The first kappa shape index (κ1) is 12.4. The zero-order valence-corrected chi connectivity index (χ0v) is 11.7. The van der Waals surface area contributed by atoms with Gasteiger partial charge in [0.2, 0.25) is 0 Å². The quantitative estimate of drug-likeness (QED) is 0.784. The van der Waals surface area contributed by atoms with Crippen molar-refractivity contribution in [1.82, 2.24) is 4.98 Å². The summed E-state index contributed by atoms with van der Waals surface area (Å²) in [5, 5.41) is 1.02. The number of H-pyrrole nitrogens is 1. The summed E-state index contributed by atoms with van der Waals surface area (Å²) in [6, 6.07) is 5.18. The molecule has 4 rings (SSSR count). The lowest BCUT2D eigenvalue weighted by molar-refractivity contribution is -0.0284. The molecule has 2 aliphatic carbocycles. The lowest BCUT2D eigenvalue weighted by Crippen LogP contribution is -2.15. The molecule has 1 heterocycles. The van der Waals surface area contributed by atoms with E-state index in [1.165, 1.54) is 17.7 Å². The van der Waals surface area contributed by atoms with Gasteiger partial charge in [0.25, 0.3) is 5.92 Å². The van der Waals surface area contributed by atoms with E-state index in [1.807, 2.05) is 6.07 Å². The lowest BCUT2D eigenvalue weighted by Gasteiger charge is -2.19. The zero-order chi connectivity index (χ0) is 13.9. The number of aromatic amines is 1. The van der Waals surface area contributed by atoms with Crippen molar-refractivity contribution in [2.45, 2.75) is 50.9 Å². The van der Waals surface area contributed by atoms with Crippen molar-refractivity contribution in [3.05, 3.63) is 35.0 Å². The van der Waals surface area contributed by atoms with Gasteiger partial charge < -0.3 is 4.98 Å². The highest BCUT2D eigenvalue weighted by Gasteiger charge is 2.48. The molecule has 2 aliphatic rings. The van der Waals surface area contributed by atoms with Crippen molar-refractivity contribution in [1.29, 1.82) is 0 Å². The van der Waals surface area contributed by atoms with E-state index in [4.69, 9.17) is 0 Å². The molecule has 1 fully saturated rings. The van der Waals surface area contributed by atoms with E-state index in [0.29, 0.717) is 18.8 Å². The Morgan fingerprint density at radius 2 is 2.00 bits per heavy atom. The molecule has 1 atom stereocenters. The molecule has 0 radical (unpaired) electrons. The first-order valence-corrected chi connectivity index (χ1v) is 7.60. The summed E-state index contributed by atoms with van der Waals surface area (Å²) in [7, 11) is 0. The molecule has 0 unspecified atom stereocenters. The maximum absolute atomic E-state index is 14.3. The van der Waals surface area contributed by atoms with Crippen molar-refractivity contribution < 1.29 is 8.78 Å². The number of halogens is 2. The average molecular weight is 275 g/mol. The number of alkyl halides is 2. The number of aromatic nitrogens is 1. The molecule has 0 amide bonds. The summed E-state index contributed by atoms with van der Waals surface area (Å²) in [4.78, 5) is 3.44. The van der Waals surface area contributed by atoms with Crippen LogP contribution in [-0.2, 0) is 12.3 Å². The fraction of sp³-hybridized carbons (Fsp3) is 0.529. The van der Waals surface area contributed by atoms with Crippen LogP contribution in [0, 0.1) is 5.92 Å². The van der Waals surface area contributed by atoms with E-state index in [1.54, 1.807) is 12.1 Å². The van der Waals surface area contributed by atoms with E-state index in [-0.39, 0.29) is 5.56 Å². The summed E-state index contributed by atoms with van der Waals surface area (Å²) in [6.45, 7) is 2.22. The Balaban J connectivity index is 1.86. The normalized spacial score (nSPS) is 23.1. The Morgan fingerprint density at radius 1 is 1.20 bits per heavy atom. The van der Waals surface area contributed by atoms with Crippen LogP contribution in [0.3, 0.4) is 0 Å². The molecule has 0 spiro atoms.